The first kappa shape index (κ1) is 11.0. The van der Waals surface area contributed by atoms with Crippen molar-refractivity contribution in [3.8, 4) is 11.6 Å². The minimum Gasteiger partial charge on any atom is -0.332 e. The van der Waals surface area contributed by atoms with Gasteiger partial charge in [0.2, 0.25) is 0 Å². The molecule has 0 unspecified atom stereocenters. The Morgan fingerprint density at radius 3 is 3.00 bits per heavy atom. The van der Waals surface area contributed by atoms with E-state index in [4.69, 9.17) is 16.1 Å². The molecule has 2 aromatic rings. The van der Waals surface area contributed by atoms with Gasteiger partial charge in [-0.3, -0.25) is 0 Å². The number of halogens is 1. The van der Waals surface area contributed by atoms with Gasteiger partial charge in [0.15, 0.2) is 5.82 Å². The highest BCUT2D eigenvalue weighted by molar-refractivity contribution is 6.30. The van der Waals surface area contributed by atoms with Gasteiger partial charge in [0, 0.05) is 19.2 Å². The Morgan fingerprint density at radius 2 is 2.31 bits per heavy atom. The Balaban J connectivity index is 2.15. The Bertz CT molecular complexity index is 454. The van der Waals surface area contributed by atoms with Gasteiger partial charge in [0.05, 0.1) is 5.02 Å². The fourth-order valence-electron chi connectivity index (χ4n) is 1.20. The number of likely N-dealkylation sites (N-methyl/N-ethyl adjacent to an activating group) is 1. The van der Waals surface area contributed by atoms with Crippen LogP contribution in [0.3, 0.4) is 0 Å². The van der Waals surface area contributed by atoms with Gasteiger partial charge in [-0.15, -0.1) is 0 Å². The molecule has 2 heterocycles. The predicted octanol–water partition coefficient (Wildman–Crippen LogP) is 1.55. The molecule has 0 atom stereocenters. The van der Waals surface area contributed by atoms with Crippen molar-refractivity contribution in [2.75, 3.05) is 13.6 Å². The van der Waals surface area contributed by atoms with Crippen LogP contribution in [0.25, 0.3) is 11.6 Å². The van der Waals surface area contributed by atoms with E-state index in [2.05, 4.69) is 20.4 Å². The van der Waals surface area contributed by atoms with Crippen molar-refractivity contribution in [2.45, 2.75) is 6.42 Å². The minimum atomic E-state index is 0.419. The average Bonchev–Trinajstić information content (AvgIpc) is 2.76. The van der Waals surface area contributed by atoms with E-state index in [0.29, 0.717) is 22.4 Å². The zero-order valence-electron chi connectivity index (χ0n) is 8.77. The molecule has 0 spiro atoms. The highest BCUT2D eigenvalue weighted by Crippen LogP contribution is 2.16. The van der Waals surface area contributed by atoms with E-state index >= 15 is 0 Å². The summed E-state index contributed by atoms with van der Waals surface area (Å²) in [4.78, 5) is 8.32. The first-order valence-electron chi connectivity index (χ1n) is 4.88. The molecule has 16 heavy (non-hydrogen) atoms. The summed E-state index contributed by atoms with van der Waals surface area (Å²) in [5.41, 5.74) is 0.632. The van der Waals surface area contributed by atoms with Crippen molar-refractivity contribution in [1.29, 1.82) is 0 Å². The summed E-state index contributed by atoms with van der Waals surface area (Å²) < 4.78 is 5.09. The Hall–Kier alpha value is -1.46. The summed E-state index contributed by atoms with van der Waals surface area (Å²) in [6, 6.07) is 3.49. The normalized spacial score (nSPS) is 10.6. The molecule has 2 aromatic heterocycles. The van der Waals surface area contributed by atoms with Crippen molar-refractivity contribution < 1.29 is 4.52 Å². The number of pyridine rings is 1. The molecule has 0 radical (unpaired) electrons. The molecule has 0 saturated heterocycles. The third kappa shape index (κ3) is 2.56. The van der Waals surface area contributed by atoms with Crippen LogP contribution in [-0.4, -0.2) is 28.7 Å². The minimum absolute atomic E-state index is 0.419. The molecule has 0 amide bonds. The molecule has 5 nitrogen and oxygen atoms in total. The van der Waals surface area contributed by atoms with Gasteiger partial charge < -0.3 is 9.84 Å². The van der Waals surface area contributed by atoms with E-state index in [1.165, 1.54) is 0 Å². The predicted molar refractivity (Wildman–Crippen MR) is 60.2 cm³/mol. The maximum absolute atomic E-state index is 5.74. The van der Waals surface area contributed by atoms with Crippen molar-refractivity contribution in [3.05, 3.63) is 29.2 Å². The molecule has 2 rings (SSSR count). The topological polar surface area (TPSA) is 63.8 Å². The van der Waals surface area contributed by atoms with E-state index in [1.807, 2.05) is 7.05 Å². The van der Waals surface area contributed by atoms with Crippen LogP contribution in [0.5, 0.6) is 0 Å². The zero-order chi connectivity index (χ0) is 11.4. The van der Waals surface area contributed by atoms with E-state index in [1.54, 1.807) is 18.3 Å². The maximum atomic E-state index is 5.74. The maximum Gasteiger partial charge on any atom is 0.276 e. The fraction of sp³-hybridized carbons (Fsp3) is 0.300. The second kappa shape index (κ2) is 5.05. The summed E-state index contributed by atoms with van der Waals surface area (Å²) in [6.45, 7) is 0.813. The van der Waals surface area contributed by atoms with Crippen LogP contribution in [0.15, 0.2) is 22.9 Å². The van der Waals surface area contributed by atoms with Gasteiger partial charge >= 0.3 is 0 Å². The zero-order valence-corrected chi connectivity index (χ0v) is 9.53. The van der Waals surface area contributed by atoms with E-state index < -0.39 is 0 Å². The molecule has 84 valence electrons. The second-order valence-electron chi connectivity index (χ2n) is 3.23. The third-order valence-electron chi connectivity index (χ3n) is 2.01. The van der Waals surface area contributed by atoms with Gasteiger partial charge in [-0.25, -0.2) is 4.98 Å². The summed E-state index contributed by atoms with van der Waals surface area (Å²) in [5, 5.41) is 7.45. The average molecular weight is 239 g/mol. The van der Waals surface area contributed by atoms with Gasteiger partial charge in [0.1, 0.15) is 5.69 Å². The monoisotopic (exact) mass is 238 g/mol. The van der Waals surface area contributed by atoms with Crippen molar-refractivity contribution in [3.63, 3.8) is 0 Å². The van der Waals surface area contributed by atoms with E-state index in [-0.39, 0.29) is 0 Å². The molecule has 0 aromatic carbocycles. The first-order valence-corrected chi connectivity index (χ1v) is 5.26. The van der Waals surface area contributed by atoms with Crippen molar-refractivity contribution >= 4 is 11.6 Å². The number of nitrogens with zero attached hydrogens (tertiary/aromatic N) is 3. The van der Waals surface area contributed by atoms with Crippen molar-refractivity contribution in [2.24, 2.45) is 0 Å². The second-order valence-corrected chi connectivity index (χ2v) is 3.67. The number of aromatic nitrogens is 3. The van der Waals surface area contributed by atoms with Gasteiger partial charge in [-0.1, -0.05) is 16.8 Å². The molecule has 6 heteroatoms. The summed E-state index contributed by atoms with van der Waals surface area (Å²) >= 11 is 5.74. The fourth-order valence-corrected chi connectivity index (χ4v) is 1.31. The summed E-state index contributed by atoms with van der Waals surface area (Å²) in [6.07, 6.45) is 2.28. The Morgan fingerprint density at radius 1 is 1.44 bits per heavy atom. The van der Waals surface area contributed by atoms with Crippen LogP contribution in [0, 0.1) is 0 Å². The highest BCUT2D eigenvalue weighted by Gasteiger charge is 2.09. The molecule has 0 aliphatic rings. The number of hydrogen-bond donors (Lipinski definition) is 1. The summed E-state index contributed by atoms with van der Waals surface area (Å²) in [7, 11) is 1.88. The Kier molecular flexibility index (Phi) is 3.48. The molecule has 0 aliphatic heterocycles. The quantitative estimate of drug-likeness (QED) is 0.876. The molecular formula is C10H11ClN4O. The Labute approximate surface area is 97.8 Å². The molecule has 1 N–H and O–H groups in total. The number of nitrogens with one attached hydrogen (secondary N) is 1. The smallest absolute Gasteiger partial charge is 0.276 e. The first-order chi connectivity index (χ1) is 7.79. The van der Waals surface area contributed by atoms with E-state index in [9.17, 15) is 0 Å². The lowest BCUT2D eigenvalue weighted by Gasteiger charge is -1.92. The van der Waals surface area contributed by atoms with Crippen LogP contribution < -0.4 is 5.32 Å². The highest BCUT2D eigenvalue weighted by atomic mass is 35.5. The van der Waals surface area contributed by atoms with Gasteiger partial charge in [-0.2, -0.15) is 4.98 Å². The van der Waals surface area contributed by atoms with E-state index in [0.717, 1.165) is 13.0 Å². The summed E-state index contributed by atoms with van der Waals surface area (Å²) in [5.74, 6) is 1.09. The lowest BCUT2D eigenvalue weighted by Crippen LogP contribution is -2.11. The number of rotatable bonds is 4. The van der Waals surface area contributed by atoms with Gasteiger partial charge in [0.25, 0.3) is 5.89 Å². The van der Waals surface area contributed by atoms with Crippen LogP contribution in [0.1, 0.15) is 5.82 Å². The molecule has 0 fully saturated rings. The largest absolute Gasteiger partial charge is 0.332 e. The van der Waals surface area contributed by atoms with Crippen LogP contribution in [0.4, 0.5) is 0 Å². The van der Waals surface area contributed by atoms with Gasteiger partial charge in [-0.05, 0) is 19.2 Å². The van der Waals surface area contributed by atoms with Crippen molar-refractivity contribution in [1.82, 2.24) is 20.4 Å². The molecule has 0 saturated carbocycles. The standard InChI is InChI=1S/C10H11ClN4O/c1-12-5-4-9-14-10(16-15-9)8-3-2-7(11)6-13-8/h2-3,6,12H,4-5H2,1H3. The van der Waals surface area contributed by atoms with Crippen LogP contribution in [-0.2, 0) is 6.42 Å². The molecule has 0 bridgehead atoms. The van der Waals surface area contributed by atoms with Crippen LogP contribution in [0.2, 0.25) is 5.02 Å². The number of hydrogen-bond acceptors (Lipinski definition) is 5. The SMILES string of the molecule is CNCCc1noc(-c2ccc(Cl)cn2)n1. The third-order valence-corrected chi connectivity index (χ3v) is 2.24. The molecular weight excluding hydrogens is 228 g/mol. The lowest BCUT2D eigenvalue weighted by molar-refractivity contribution is 0.421. The molecule has 0 aliphatic carbocycles. The van der Waals surface area contributed by atoms with Crippen LogP contribution >= 0.6 is 11.6 Å². The lowest BCUT2D eigenvalue weighted by atomic mass is 10.3.